The van der Waals surface area contributed by atoms with E-state index in [0.717, 1.165) is 5.56 Å². The van der Waals surface area contributed by atoms with Gasteiger partial charge < -0.3 is 5.73 Å². The molecule has 1 aromatic rings. The standard InChI is InChI=1S/C8H9BrFN/c9-4-7-2-1-6(5-11)3-8(7)10/h1-3H,4-5,11H2. The average Bonchev–Trinajstić information content (AvgIpc) is 2.04. The van der Waals surface area contributed by atoms with Crippen LogP contribution >= 0.6 is 15.9 Å². The Kier molecular flexibility index (Phi) is 3.02. The maximum atomic E-state index is 13.0. The van der Waals surface area contributed by atoms with Gasteiger partial charge in [0.25, 0.3) is 0 Å². The minimum atomic E-state index is -0.190. The summed E-state index contributed by atoms with van der Waals surface area (Å²) in [7, 11) is 0. The monoisotopic (exact) mass is 217 g/mol. The van der Waals surface area contributed by atoms with E-state index in [1.54, 1.807) is 6.07 Å². The Morgan fingerprint density at radius 2 is 2.18 bits per heavy atom. The molecule has 1 rings (SSSR count). The lowest BCUT2D eigenvalue weighted by atomic mass is 10.1. The van der Waals surface area contributed by atoms with Gasteiger partial charge in [-0.3, -0.25) is 0 Å². The minimum absolute atomic E-state index is 0.190. The van der Waals surface area contributed by atoms with Crippen molar-refractivity contribution < 1.29 is 4.39 Å². The summed E-state index contributed by atoms with van der Waals surface area (Å²) in [5.74, 6) is -0.190. The van der Waals surface area contributed by atoms with E-state index in [1.165, 1.54) is 6.07 Å². The first-order chi connectivity index (χ1) is 5.27. The van der Waals surface area contributed by atoms with Crippen molar-refractivity contribution in [3.63, 3.8) is 0 Å². The Morgan fingerprint density at radius 1 is 1.45 bits per heavy atom. The molecular formula is C8H9BrFN. The van der Waals surface area contributed by atoms with Gasteiger partial charge in [-0.25, -0.2) is 4.39 Å². The second-order valence-electron chi connectivity index (χ2n) is 2.26. The normalized spacial score (nSPS) is 10.1. The predicted molar refractivity (Wildman–Crippen MR) is 46.9 cm³/mol. The molecule has 0 aliphatic rings. The zero-order chi connectivity index (χ0) is 8.27. The Bertz CT molecular complexity index is 250. The topological polar surface area (TPSA) is 26.0 Å². The molecule has 0 aliphatic carbocycles. The molecule has 0 heterocycles. The zero-order valence-corrected chi connectivity index (χ0v) is 7.57. The molecule has 0 unspecified atom stereocenters. The SMILES string of the molecule is NCc1ccc(CBr)c(F)c1. The number of hydrogen-bond acceptors (Lipinski definition) is 1. The van der Waals surface area contributed by atoms with Crippen molar-refractivity contribution in [2.45, 2.75) is 11.9 Å². The second-order valence-corrected chi connectivity index (χ2v) is 2.82. The molecule has 1 nitrogen and oxygen atoms in total. The van der Waals surface area contributed by atoms with Crippen LogP contribution in [0.4, 0.5) is 4.39 Å². The molecule has 0 saturated heterocycles. The third kappa shape index (κ3) is 2.01. The van der Waals surface area contributed by atoms with E-state index >= 15 is 0 Å². The molecule has 0 aliphatic heterocycles. The van der Waals surface area contributed by atoms with Crippen molar-refractivity contribution in [3.8, 4) is 0 Å². The molecule has 0 radical (unpaired) electrons. The van der Waals surface area contributed by atoms with E-state index in [9.17, 15) is 4.39 Å². The van der Waals surface area contributed by atoms with Crippen LogP contribution in [0.1, 0.15) is 11.1 Å². The van der Waals surface area contributed by atoms with Crippen molar-refractivity contribution >= 4 is 15.9 Å². The summed E-state index contributed by atoms with van der Waals surface area (Å²) in [5.41, 5.74) is 6.83. The number of nitrogens with two attached hydrogens (primary N) is 1. The van der Waals surface area contributed by atoms with E-state index in [1.807, 2.05) is 6.07 Å². The van der Waals surface area contributed by atoms with Crippen LogP contribution < -0.4 is 5.73 Å². The molecule has 0 amide bonds. The Balaban J connectivity index is 2.99. The quantitative estimate of drug-likeness (QED) is 0.756. The Morgan fingerprint density at radius 3 is 2.64 bits per heavy atom. The van der Waals surface area contributed by atoms with Crippen molar-refractivity contribution in [3.05, 3.63) is 35.1 Å². The molecule has 0 saturated carbocycles. The Hall–Kier alpha value is -0.410. The molecule has 0 atom stereocenters. The van der Waals surface area contributed by atoms with Crippen LogP contribution in [-0.2, 0) is 11.9 Å². The number of hydrogen-bond donors (Lipinski definition) is 1. The van der Waals surface area contributed by atoms with E-state index in [0.29, 0.717) is 17.4 Å². The fourth-order valence-electron chi connectivity index (χ4n) is 0.826. The van der Waals surface area contributed by atoms with Gasteiger partial charge in [0.2, 0.25) is 0 Å². The maximum absolute atomic E-state index is 13.0. The van der Waals surface area contributed by atoms with Crippen molar-refractivity contribution in [1.29, 1.82) is 0 Å². The van der Waals surface area contributed by atoms with Crippen molar-refractivity contribution in [2.24, 2.45) is 5.73 Å². The number of rotatable bonds is 2. The van der Waals surface area contributed by atoms with Crippen LogP contribution in [0.25, 0.3) is 0 Å². The third-order valence-corrected chi connectivity index (χ3v) is 2.10. The van der Waals surface area contributed by atoms with Crippen LogP contribution in [-0.4, -0.2) is 0 Å². The molecular weight excluding hydrogens is 209 g/mol. The van der Waals surface area contributed by atoms with Gasteiger partial charge >= 0.3 is 0 Å². The van der Waals surface area contributed by atoms with Crippen LogP contribution in [0.15, 0.2) is 18.2 Å². The van der Waals surface area contributed by atoms with Crippen LogP contribution in [0.5, 0.6) is 0 Å². The van der Waals surface area contributed by atoms with Gasteiger partial charge in [-0.05, 0) is 17.2 Å². The molecule has 60 valence electrons. The van der Waals surface area contributed by atoms with Crippen molar-refractivity contribution in [1.82, 2.24) is 0 Å². The van der Waals surface area contributed by atoms with E-state index < -0.39 is 0 Å². The molecule has 0 fully saturated rings. The van der Waals surface area contributed by atoms with E-state index in [4.69, 9.17) is 5.73 Å². The highest BCUT2D eigenvalue weighted by Crippen LogP contribution is 2.12. The summed E-state index contributed by atoms with van der Waals surface area (Å²) in [5, 5.41) is 0.545. The van der Waals surface area contributed by atoms with Gasteiger partial charge in [0.15, 0.2) is 0 Å². The smallest absolute Gasteiger partial charge is 0.127 e. The zero-order valence-electron chi connectivity index (χ0n) is 5.98. The van der Waals surface area contributed by atoms with Gasteiger partial charge in [0.1, 0.15) is 5.82 Å². The summed E-state index contributed by atoms with van der Waals surface area (Å²) in [6.07, 6.45) is 0. The number of alkyl halides is 1. The average molecular weight is 218 g/mol. The summed E-state index contributed by atoms with van der Waals surface area (Å²) in [6.45, 7) is 0.388. The number of benzene rings is 1. The highest BCUT2D eigenvalue weighted by atomic mass is 79.9. The van der Waals surface area contributed by atoms with Crippen LogP contribution in [0.2, 0.25) is 0 Å². The maximum Gasteiger partial charge on any atom is 0.127 e. The van der Waals surface area contributed by atoms with Crippen molar-refractivity contribution in [2.75, 3.05) is 0 Å². The molecule has 0 bridgehead atoms. The first-order valence-corrected chi connectivity index (χ1v) is 4.43. The van der Waals surface area contributed by atoms with Crippen LogP contribution in [0, 0.1) is 5.82 Å². The minimum Gasteiger partial charge on any atom is -0.326 e. The largest absolute Gasteiger partial charge is 0.326 e. The summed E-state index contributed by atoms with van der Waals surface area (Å²) in [4.78, 5) is 0. The number of halogens is 2. The lowest BCUT2D eigenvalue weighted by Gasteiger charge is -2.00. The first kappa shape index (κ1) is 8.68. The fraction of sp³-hybridized carbons (Fsp3) is 0.250. The molecule has 0 spiro atoms. The highest BCUT2D eigenvalue weighted by molar-refractivity contribution is 9.08. The van der Waals surface area contributed by atoms with Gasteiger partial charge in [0.05, 0.1) is 0 Å². The summed E-state index contributed by atoms with van der Waals surface area (Å²) in [6, 6.07) is 5.04. The summed E-state index contributed by atoms with van der Waals surface area (Å²) >= 11 is 3.18. The molecule has 11 heavy (non-hydrogen) atoms. The molecule has 1 aromatic carbocycles. The van der Waals surface area contributed by atoms with Crippen LogP contribution in [0.3, 0.4) is 0 Å². The second kappa shape index (κ2) is 3.83. The third-order valence-electron chi connectivity index (χ3n) is 1.50. The molecule has 3 heteroatoms. The van der Waals surface area contributed by atoms with Gasteiger partial charge in [-0.15, -0.1) is 0 Å². The molecule has 2 N–H and O–H groups in total. The lowest BCUT2D eigenvalue weighted by Crippen LogP contribution is -1.97. The lowest BCUT2D eigenvalue weighted by molar-refractivity contribution is 0.615. The van der Waals surface area contributed by atoms with Gasteiger partial charge in [-0.2, -0.15) is 0 Å². The van der Waals surface area contributed by atoms with Gasteiger partial charge in [0, 0.05) is 11.9 Å². The van der Waals surface area contributed by atoms with Gasteiger partial charge in [-0.1, -0.05) is 28.1 Å². The molecule has 0 aromatic heterocycles. The fourth-order valence-corrected chi connectivity index (χ4v) is 1.28. The van der Waals surface area contributed by atoms with E-state index in [2.05, 4.69) is 15.9 Å². The highest BCUT2D eigenvalue weighted by Gasteiger charge is 1.99. The van der Waals surface area contributed by atoms with E-state index in [-0.39, 0.29) is 5.82 Å². The predicted octanol–water partition coefficient (Wildman–Crippen LogP) is 2.18. The Labute approximate surface area is 73.5 Å². The summed E-state index contributed by atoms with van der Waals surface area (Å²) < 4.78 is 13.0. The first-order valence-electron chi connectivity index (χ1n) is 3.31.